The number of hydrogen-bond donors (Lipinski definition) is 0. The van der Waals surface area contributed by atoms with E-state index in [0.29, 0.717) is 24.4 Å². The second-order valence-electron chi connectivity index (χ2n) is 8.78. The van der Waals surface area contributed by atoms with Crippen molar-refractivity contribution in [3.05, 3.63) is 11.1 Å². The number of ether oxygens (including phenoxy) is 1. The molecule has 116 valence electrons. The van der Waals surface area contributed by atoms with E-state index >= 15 is 0 Å². The molecule has 1 aliphatic heterocycles. The van der Waals surface area contributed by atoms with Gasteiger partial charge < -0.3 is 4.74 Å². The highest BCUT2D eigenvalue weighted by Gasteiger charge is 2.54. The average molecular weight is 288 g/mol. The van der Waals surface area contributed by atoms with Crippen molar-refractivity contribution < 1.29 is 9.53 Å². The van der Waals surface area contributed by atoms with Crippen LogP contribution in [-0.4, -0.2) is 12.6 Å². The van der Waals surface area contributed by atoms with E-state index < -0.39 is 0 Å². The summed E-state index contributed by atoms with van der Waals surface area (Å²) in [6.07, 6.45) is 8.48. The minimum absolute atomic E-state index is 0.0358. The first-order chi connectivity index (χ1) is 9.92. The largest absolute Gasteiger partial charge is 0.465 e. The lowest BCUT2D eigenvalue weighted by molar-refractivity contribution is -0.170. The molecule has 1 heterocycles. The van der Waals surface area contributed by atoms with Crippen LogP contribution in [0.4, 0.5) is 0 Å². The average Bonchev–Trinajstić information content (AvgIpc) is 2.76. The van der Waals surface area contributed by atoms with Gasteiger partial charge in [-0.25, -0.2) is 0 Å². The molecule has 0 spiro atoms. The van der Waals surface area contributed by atoms with Crippen LogP contribution in [0.5, 0.6) is 0 Å². The van der Waals surface area contributed by atoms with Gasteiger partial charge in [0.05, 0.1) is 6.61 Å². The summed E-state index contributed by atoms with van der Waals surface area (Å²) in [6, 6.07) is 0. The molecule has 2 heteroatoms. The molecule has 21 heavy (non-hydrogen) atoms. The normalized spacial score (nSPS) is 44.7. The molecule has 4 rings (SSSR count). The Hall–Kier alpha value is -0.790. The van der Waals surface area contributed by atoms with Gasteiger partial charge in [-0.2, -0.15) is 0 Å². The molecule has 4 aliphatic rings. The van der Waals surface area contributed by atoms with Gasteiger partial charge in [0, 0.05) is 11.8 Å². The Balaban J connectivity index is 1.68. The summed E-state index contributed by atoms with van der Waals surface area (Å²) < 4.78 is 5.50. The Morgan fingerprint density at radius 1 is 1.10 bits per heavy atom. The fraction of sp³-hybridized carbons (Fsp3) is 0.842. The predicted molar refractivity (Wildman–Crippen MR) is 82.7 cm³/mol. The third kappa shape index (κ3) is 1.87. The standard InChI is InChI=1S/C19H28O2/c1-18(2)9-8-14-13-5-4-12-10-17(20)21-11-19(12,3)16(13)7-6-15(14)18/h12-13,16H,4-11H2,1-3H3/t12?,13-,16-,19-/m0/s1. The van der Waals surface area contributed by atoms with Crippen LogP contribution in [0.25, 0.3) is 0 Å². The molecule has 1 unspecified atom stereocenters. The van der Waals surface area contributed by atoms with Crippen molar-refractivity contribution in [2.75, 3.05) is 6.61 Å². The molecule has 3 aliphatic carbocycles. The minimum Gasteiger partial charge on any atom is -0.465 e. The number of fused-ring (bicyclic) bond motifs is 4. The van der Waals surface area contributed by atoms with Gasteiger partial charge in [0.25, 0.3) is 0 Å². The summed E-state index contributed by atoms with van der Waals surface area (Å²) in [5, 5.41) is 0. The molecule has 0 N–H and O–H groups in total. The minimum atomic E-state index is 0.0358. The van der Waals surface area contributed by atoms with Crippen LogP contribution in [0.2, 0.25) is 0 Å². The molecule has 0 aromatic carbocycles. The van der Waals surface area contributed by atoms with E-state index in [2.05, 4.69) is 20.8 Å². The van der Waals surface area contributed by atoms with Crippen LogP contribution in [0, 0.1) is 28.6 Å². The van der Waals surface area contributed by atoms with Crippen LogP contribution in [0.15, 0.2) is 11.1 Å². The number of esters is 1. The lowest BCUT2D eigenvalue weighted by Gasteiger charge is -2.55. The second-order valence-corrected chi connectivity index (χ2v) is 8.78. The highest BCUT2D eigenvalue weighted by atomic mass is 16.5. The molecule has 0 amide bonds. The molecule has 1 saturated heterocycles. The van der Waals surface area contributed by atoms with Crippen molar-refractivity contribution in [2.24, 2.45) is 28.6 Å². The first-order valence-electron chi connectivity index (χ1n) is 8.80. The number of cyclic esters (lactones) is 1. The summed E-state index contributed by atoms with van der Waals surface area (Å²) in [6.45, 7) is 7.95. The Morgan fingerprint density at radius 3 is 2.71 bits per heavy atom. The molecule has 0 bridgehead atoms. The van der Waals surface area contributed by atoms with Crippen LogP contribution in [0.3, 0.4) is 0 Å². The summed E-state index contributed by atoms with van der Waals surface area (Å²) in [7, 11) is 0. The molecule has 1 saturated carbocycles. The Bertz CT molecular complexity index is 516. The van der Waals surface area contributed by atoms with Crippen molar-refractivity contribution in [3.8, 4) is 0 Å². The van der Waals surface area contributed by atoms with E-state index in [0.717, 1.165) is 11.8 Å². The fourth-order valence-electron chi connectivity index (χ4n) is 6.07. The molecule has 2 fully saturated rings. The smallest absolute Gasteiger partial charge is 0.306 e. The Morgan fingerprint density at radius 2 is 1.90 bits per heavy atom. The number of hydrogen-bond acceptors (Lipinski definition) is 2. The van der Waals surface area contributed by atoms with Gasteiger partial charge in [-0.15, -0.1) is 0 Å². The van der Waals surface area contributed by atoms with Crippen molar-refractivity contribution >= 4 is 5.97 Å². The van der Waals surface area contributed by atoms with E-state index in [1.807, 2.05) is 5.57 Å². The molecule has 4 atom stereocenters. The second kappa shape index (κ2) is 4.36. The number of carbonyl (C=O) groups excluding carboxylic acids is 1. The van der Waals surface area contributed by atoms with Gasteiger partial charge >= 0.3 is 5.97 Å². The molecule has 0 aromatic heterocycles. The van der Waals surface area contributed by atoms with Crippen LogP contribution in [-0.2, 0) is 9.53 Å². The van der Waals surface area contributed by atoms with E-state index in [1.165, 1.54) is 38.5 Å². The molecule has 2 nitrogen and oxygen atoms in total. The van der Waals surface area contributed by atoms with E-state index in [4.69, 9.17) is 4.74 Å². The van der Waals surface area contributed by atoms with Gasteiger partial charge in [-0.05, 0) is 61.7 Å². The maximum absolute atomic E-state index is 11.7. The summed E-state index contributed by atoms with van der Waals surface area (Å²) in [4.78, 5) is 11.7. The van der Waals surface area contributed by atoms with Crippen molar-refractivity contribution in [1.29, 1.82) is 0 Å². The van der Waals surface area contributed by atoms with E-state index in [1.54, 1.807) is 5.57 Å². The molecular formula is C19H28O2. The van der Waals surface area contributed by atoms with Gasteiger partial charge in [-0.3, -0.25) is 4.79 Å². The van der Waals surface area contributed by atoms with Crippen molar-refractivity contribution in [3.63, 3.8) is 0 Å². The first-order valence-corrected chi connectivity index (χ1v) is 8.80. The maximum atomic E-state index is 11.7. The summed E-state index contributed by atoms with van der Waals surface area (Å²) >= 11 is 0. The summed E-state index contributed by atoms with van der Waals surface area (Å²) in [5.41, 5.74) is 4.28. The van der Waals surface area contributed by atoms with Gasteiger partial charge in [0.2, 0.25) is 0 Å². The zero-order valence-electron chi connectivity index (χ0n) is 13.7. The monoisotopic (exact) mass is 288 g/mol. The third-order valence-electron chi connectivity index (χ3n) is 7.43. The number of allylic oxidation sites excluding steroid dienone is 2. The SMILES string of the molecule is CC1(C)CCC2=C1CC[C@H]1[C@H]2CCC2CC(=O)OC[C@@]21C. The van der Waals surface area contributed by atoms with Gasteiger partial charge in [0.15, 0.2) is 0 Å². The zero-order valence-corrected chi connectivity index (χ0v) is 13.7. The lowest BCUT2D eigenvalue weighted by atomic mass is 9.51. The maximum Gasteiger partial charge on any atom is 0.306 e. The molecule has 0 aromatic rings. The number of carbonyl (C=O) groups is 1. The van der Waals surface area contributed by atoms with Gasteiger partial charge in [0.1, 0.15) is 0 Å². The van der Waals surface area contributed by atoms with Crippen LogP contribution >= 0.6 is 0 Å². The van der Waals surface area contributed by atoms with Crippen molar-refractivity contribution in [2.45, 2.75) is 65.7 Å². The quantitative estimate of drug-likeness (QED) is 0.485. The highest BCUT2D eigenvalue weighted by Crippen LogP contribution is 2.61. The van der Waals surface area contributed by atoms with Gasteiger partial charge in [-0.1, -0.05) is 31.9 Å². The first kappa shape index (κ1) is 13.8. The third-order valence-corrected chi connectivity index (χ3v) is 7.43. The molecule has 0 radical (unpaired) electrons. The lowest BCUT2D eigenvalue weighted by Crippen LogP contribution is -2.51. The fourth-order valence-corrected chi connectivity index (χ4v) is 6.07. The topological polar surface area (TPSA) is 26.3 Å². The van der Waals surface area contributed by atoms with Crippen LogP contribution in [0.1, 0.15) is 65.7 Å². The van der Waals surface area contributed by atoms with Crippen molar-refractivity contribution in [1.82, 2.24) is 0 Å². The molecular weight excluding hydrogens is 260 g/mol. The Kier molecular flexibility index (Phi) is 2.88. The Labute approximate surface area is 128 Å². The predicted octanol–water partition coefficient (Wildman–Crippen LogP) is 4.49. The number of rotatable bonds is 0. The highest BCUT2D eigenvalue weighted by molar-refractivity contribution is 5.70. The van der Waals surface area contributed by atoms with Crippen LogP contribution < -0.4 is 0 Å². The zero-order chi connectivity index (χ0) is 14.8. The van der Waals surface area contributed by atoms with E-state index in [9.17, 15) is 4.79 Å². The summed E-state index contributed by atoms with van der Waals surface area (Å²) in [5.74, 6) is 2.13. The van der Waals surface area contributed by atoms with E-state index in [-0.39, 0.29) is 11.4 Å².